The van der Waals surface area contributed by atoms with Crippen LogP contribution in [0, 0.1) is 5.92 Å². The lowest BCUT2D eigenvalue weighted by atomic mass is 9.91. The van der Waals surface area contributed by atoms with Gasteiger partial charge in [0.2, 0.25) is 0 Å². The molecule has 5 heteroatoms. The minimum atomic E-state index is -0.709. The summed E-state index contributed by atoms with van der Waals surface area (Å²) in [6.07, 6.45) is 5.60. The van der Waals surface area contributed by atoms with Crippen LogP contribution in [0.2, 0.25) is 0 Å². The highest BCUT2D eigenvalue weighted by molar-refractivity contribution is 7.15. The van der Waals surface area contributed by atoms with E-state index in [9.17, 15) is 4.79 Å². The molecule has 1 aliphatic rings. The van der Waals surface area contributed by atoms with Gasteiger partial charge in [0.15, 0.2) is 0 Å². The number of pyridine rings is 1. The molecule has 0 saturated heterocycles. The summed E-state index contributed by atoms with van der Waals surface area (Å²) in [5, 5.41) is 10.0. The van der Waals surface area contributed by atoms with Gasteiger partial charge in [0, 0.05) is 29.3 Å². The Morgan fingerprint density at radius 2 is 2.17 bits per heavy atom. The number of aryl methyl sites for hydroxylation is 1. The maximum atomic E-state index is 11.0. The van der Waals surface area contributed by atoms with Crippen LogP contribution in [-0.2, 0) is 17.6 Å². The van der Waals surface area contributed by atoms with E-state index < -0.39 is 5.97 Å². The van der Waals surface area contributed by atoms with Crippen molar-refractivity contribution in [3.05, 3.63) is 35.1 Å². The van der Waals surface area contributed by atoms with Crippen LogP contribution in [0.25, 0.3) is 10.6 Å². The molecule has 92 valence electrons. The zero-order valence-corrected chi connectivity index (χ0v) is 10.5. The number of aromatic nitrogens is 2. The normalized spacial score (nSPS) is 18.3. The lowest BCUT2D eigenvalue weighted by molar-refractivity contribution is -0.142. The summed E-state index contributed by atoms with van der Waals surface area (Å²) >= 11 is 1.67. The summed E-state index contributed by atoms with van der Waals surface area (Å²) in [6.45, 7) is 0. The van der Waals surface area contributed by atoms with Gasteiger partial charge >= 0.3 is 5.97 Å². The molecule has 2 aromatic rings. The van der Waals surface area contributed by atoms with E-state index in [1.807, 2.05) is 12.1 Å². The number of hydrogen-bond donors (Lipinski definition) is 1. The van der Waals surface area contributed by atoms with Gasteiger partial charge in [-0.3, -0.25) is 9.78 Å². The molecule has 0 aliphatic heterocycles. The van der Waals surface area contributed by atoms with Gasteiger partial charge in [-0.1, -0.05) is 0 Å². The van der Waals surface area contributed by atoms with Crippen LogP contribution in [0.15, 0.2) is 24.5 Å². The maximum absolute atomic E-state index is 11.0. The Morgan fingerprint density at radius 3 is 2.89 bits per heavy atom. The number of thiazole rings is 1. The molecular weight excluding hydrogens is 248 g/mol. The van der Waals surface area contributed by atoms with Crippen molar-refractivity contribution < 1.29 is 9.90 Å². The van der Waals surface area contributed by atoms with Crippen molar-refractivity contribution in [1.82, 2.24) is 9.97 Å². The monoisotopic (exact) mass is 260 g/mol. The van der Waals surface area contributed by atoms with Gasteiger partial charge in [-0.05, 0) is 25.0 Å². The highest BCUT2D eigenvalue weighted by Gasteiger charge is 2.27. The molecule has 0 aromatic carbocycles. The van der Waals surface area contributed by atoms with Crippen LogP contribution in [-0.4, -0.2) is 21.0 Å². The van der Waals surface area contributed by atoms with Crippen LogP contribution < -0.4 is 0 Å². The van der Waals surface area contributed by atoms with Crippen molar-refractivity contribution in [3.8, 4) is 10.6 Å². The van der Waals surface area contributed by atoms with E-state index in [1.165, 1.54) is 4.88 Å². The number of rotatable bonds is 2. The SMILES string of the molecule is O=C(O)C1CCc2sc(-c3ccncc3)nc2C1. The van der Waals surface area contributed by atoms with E-state index >= 15 is 0 Å². The molecule has 0 saturated carbocycles. The minimum Gasteiger partial charge on any atom is -0.481 e. The summed E-state index contributed by atoms with van der Waals surface area (Å²) in [6, 6.07) is 3.86. The Bertz CT molecular complexity index is 580. The molecular formula is C13H12N2O2S. The highest BCUT2D eigenvalue weighted by atomic mass is 32.1. The van der Waals surface area contributed by atoms with Crippen LogP contribution in [0.5, 0.6) is 0 Å². The van der Waals surface area contributed by atoms with Gasteiger partial charge in [-0.25, -0.2) is 4.98 Å². The van der Waals surface area contributed by atoms with Crippen LogP contribution in [0.4, 0.5) is 0 Å². The quantitative estimate of drug-likeness (QED) is 0.900. The predicted molar refractivity (Wildman–Crippen MR) is 68.5 cm³/mol. The van der Waals surface area contributed by atoms with Crippen molar-refractivity contribution in [2.75, 3.05) is 0 Å². The van der Waals surface area contributed by atoms with E-state index in [1.54, 1.807) is 23.7 Å². The standard InChI is InChI=1S/C13H12N2O2S/c16-13(17)9-1-2-11-10(7-9)15-12(18-11)8-3-5-14-6-4-8/h3-6,9H,1-2,7H2,(H,16,17). The van der Waals surface area contributed by atoms with Gasteiger partial charge in [0.25, 0.3) is 0 Å². The average Bonchev–Trinajstić information content (AvgIpc) is 2.82. The van der Waals surface area contributed by atoms with Crippen molar-refractivity contribution >= 4 is 17.3 Å². The Kier molecular flexibility index (Phi) is 2.83. The van der Waals surface area contributed by atoms with Gasteiger partial charge in [-0.15, -0.1) is 11.3 Å². The Hall–Kier alpha value is -1.75. The van der Waals surface area contributed by atoms with Crippen LogP contribution in [0.1, 0.15) is 17.0 Å². The zero-order valence-electron chi connectivity index (χ0n) is 9.67. The number of aliphatic carboxylic acids is 1. The fourth-order valence-corrected chi connectivity index (χ4v) is 3.32. The van der Waals surface area contributed by atoms with Crippen molar-refractivity contribution in [2.45, 2.75) is 19.3 Å². The molecule has 1 atom stereocenters. The largest absolute Gasteiger partial charge is 0.481 e. The third kappa shape index (κ3) is 2.01. The summed E-state index contributed by atoms with van der Waals surface area (Å²) in [5.74, 6) is -0.982. The third-order valence-electron chi connectivity index (χ3n) is 3.21. The van der Waals surface area contributed by atoms with E-state index in [2.05, 4.69) is 9.97 Å². The van der Waals surface area contributed by atoms with E-state index in [0.29, 0.717) is 6.42 Å². The third-order valence-corrected chi connectivity index (χ3v) is 4.42. The predicted octanol–water partition coefficient (Wildman–Crippen LogP) is 2.39. The number of fused-ring (bicyclic) bond motifs is 1. The molecule has 1 aliphatic carbocycles. The number of carboxylic acids is 1. The van der Waals surface area contributed by atoms with Gasteiger partial charge in [0.1, 0.15) is 5.01 Å². The zero-order chi connectivity index (χ0) is 12.5. The first-order chi connectivity index (χ1) is 8.74. The Labute approximate surface area is 108 Å². The van der Waals surface area contributed by atoms with Crippen LogP contribution >= 0.6 is 11.3 Å². The first kappa shape index (κ1) is 11.3. The first-order valence-corrected chi connectivity index (χ1v) is 6.67. The lowest BCUT2D eigenvalue weighted by Gasteiger charge is -2.16. The van der Waals surface area contributed by atoms with E-state index in [-0.39, 0.29) is 5.92 Å². The molecule has 0 bridgehead atoms. The topological polar surface area (TPSA) is 63.1 Å². The average molecular weight is 260 g/mol. The number of nitrogens with zero attached hydrogens (tertiary/aromatic N) is 2. The summed E-state index contributed by atoms with van der Waals surface area (Å²) < 4.78 is 0. The Balaban J connectivity index is 1.92. The lowest BCUT2D eigenvalue weighted by Crippen LogP contribution is -2.21. The number of hydrogen-bond acceptors (Lipinski definition) is 4. The molecule has 3 rings (SSSR count). The summed E-state index contributed by atoms with van der Waals surface area (Å²) in [5.41, 5.74) is 2.02. The highest BCUT2D eigenvalue weighted by Crippen LogP contribution is 2.34. The molecule has 0 spiro atoms. The number of carbonyl (C=O) groups is 1. The maximum Gasteiger partial charge on any atom is 0.306 e. The van der Waals surface area contributed by atoms with Gasteiger partial charge in [-0.2, -0.15) is 0 Å². The second-order valence-electron chi connectivity index (χ2n) is 4.40. The molecule has 4 nitrogen and oxygen atoms in total. The van der Waals surface area contributed by atoms with E-state index in [4.69, 9.17) is 5.11 Å². The second-order valence-corrected chi connectivity index (χ2v) is 5.49. The van der Waals surface area contributed by atoms with Crippen LogP contribution in [0.3, 0.4) is 0 Å². The Morgan fingerprint density at radius 1 is 1.39 bits per heavy atom. The van der Waals surface area contributed by atoms with Crippen molar-refractivity contribution in [2.24, 2.45) is 5.92 Å². The molecule has 1 unspecified atom stereocenters. The van der Waals surface area contributed by atoms with E-state index in [0.717, 1.165) is 29.1 Å². The summed E-state index contributed by atoms with van der Waals surface area (Å²) in [4.78, 5) is 20.8. The fraction of sp³-hybridized carbons (Fsp3) is 0.308. The second kappa shape index (κ2) is 4.49. The molecule has 0 radical (unpaired) electrons. The molecule has 0 amide bonds. The summed E-state index contributed by atoms with van der Waals surface area (Å²) in [7, 11) is 0. The number of carboxylic acid groups (broad SMARTS) is 1. The molecule has 1 N–H and O–H groups in total. The minimum absolute atomic E-state index is 0.273. The van der Waals surface area contributed by atoms with Crippen molar-refractivity contribution in [3.63, 3.8) is 0 Å². The van der Waals surface area contributed by atoms with Crippen molar-refractivity contribution in [1.29, 1.82) is 0 Å². The molecule has 2 aromatic heterocycles. The molecule has 2 heterocycles. The van der Waals surface area contributed by atoms with Gasteiger partial charge < -0.3 is 5.11 Å². The van der Waals surface area contributed by atoms with Gasteiger partial charge in [0.05, 0.1) is 11.6 Å². The molecule has 0 fully saturated rings. The first-order valence-electron chi connectivity index (χ1n) is 5.86. The fourth-order valence-electron chi connectivity index (χ4n) is 2.21. The molecule has 18 heavy (non-hydrogen) atoms. The smallest absolute Gasteiger partial charge is 0.306 e.